The fourth-order valence-corrected chi connectivity index (χ4v) is 6.91. The van der Waals surface area contributed by atoms with Crippen LogP contribution in [0.3, 0.4) is 0 Å². The first-order valence-electron chi connectivity index (χ1n) is 17.3. The van der Waals surface area contributed by atoms with E-state index in [4.69, 9.17) is 9.84 Å². The summed E-state index contributed by atoms with van der Waals surface area (Å²) >= 11 is 3.48. The summed E-state index contributed by atoms with van der Waals surface area (Å²) in [7, 11) is 1.58. The Morgan fingerprint density at radius 2 is 1.72 bits per heavy atom. The van der Waals surface area contributed by atoms with Gasteiger partial charge in [0.25, 0.3) is 11.8 Å². The highest BCUT2D eigenvalue weighted by Crippen LogP contribution is 2.30. The number of ether oxygens (including phenoxy) is 1. The van der Waals surface area contributed by atoms with Crippen molar-refractivity contribution in [1.29, 1.82) is 0 Å². The van der Waals surface area contributed by atoms with E-state index in [1.807, 2.05) is 48.2 Å². The summed E-state index contributed by atoms with van der Waals surface area (Å²) < 4.78 is 7.68. The van der Waals surface area contributed by atoms with Gasteiger partial charge in [-0.3, -0.25) is 14.4 Å². The molecular weight excluding hydrogens is 698 g/mol. The van der Waals surface area contributed by atoms with E-state index in [0.717, 1.165) is 46.8 Å². The van der Waals surface area contributed by atoms with Crippen LogP contribution in [-0.4, -0.2) is 75.3 Å². The number of fused-ring (bicyclic) bond motifs is 1. The first kappa shape index (κ1) is 36.8. The molecule has 0 unspecified atom stereocenters. The Morgan fingerprint density at radius 3 is 2.38 bits per heavy atom. The van der Waals surface area contributed by atoms with Crippen LogP contribution in [0.5, 0.6) is 5.75 Å². The molecule has 2 N–H and O–H groups in total. The summed E-state index contributed by atoms with van der Waals surface area (Å²) in [6, 6.07) is 19.9. The van der Waals surface area contributed by atoms with Gasteiger partial charge in [0.1, 0.15) is 5.75 Å². The number of carbonyl (C=O) groups excluding carboxylic acids is 3. The molecule has 4 aromatic rings. The van der Waals surface area contributed by atoms with Crippen molar-refractivity contribution < 1.29 is 24.2 Å². The molecule has 0 fully saturated rings. The number of methoxy groups -OCH3 is 1. The third kappa shape index (κ3) is 8.45. The van der Waals surface area contributed by atoms with Crippen molar-refractivity contribution in [1.82, 2.24) is 19.6 Å². The monoisotopic (exact) mass is 743 g/mol. The molecule has 50 heavy (non-hydrogen) atoms. The van der Waals surface area contributed by atoms with E-state index >= 15 is 0 Å². The van der Waals surface area contributed by atoms with Gasteiger partial charge in [0, 0.05) is 31.0 Å². The highest BCUT2D eigenvalue weighted by atomic mass is 79.9. The predicted octanol–water partition coefficient (Wildman–Crippen LogP) is 6.73. The molecule has 3 amide bonds. The van der Waals surface area contributed by atoms with E-state index in [1.165, 1.54) is 0 Å². The van der Waals surface area contributed by atoms with Gasteiger partial charge in [-0.2, -0.15) is 5.10 Å². The third-order valence-electron chi connectivity index (χ3n) is 9.10. The highest BCUT2D eigenvalue weighted by molar-refractivity contribution is 9.10. The fourth-order valence-electron chi connectivity index (χ4n) is 6.32. The molecule has 1 aromatic heterocycles. The van der Waals surface area contributed by atoms with E-state index in [9.17, 15) is 19.5 Å². The zero-order valence-electron chi connectivity index (χ0n) is 29.2. The van der Waals surface area contributed by atoms with Crippen molar-refractivity contribution >= 4 is 39.3 Å². The predicted molar refractivity (Wildman–Crippen MR) is 198 cm³/mol. The first-order valence-corrected chi connectivity index (χ1v) is 18.1. The van der Waals surface area contributed by atoms with Gasteiger partial charge in [-0.1, -0.05) is 57.0 Å². The van der Waals surface area contributed by atoms with Gasteiger partial charge in [-0.15, -0.1) is 0 Å². The average molecular weight is 745 g/mol. The lowest BCUT2D eigenvalue weighted by Gasteiger charge is -2.36. The molecule has 0 radical (unpaired) electrons. The molecule has 1 atom stereocenters. The highest BCUT2D eigenvalue weighted by Gasteiger charge is 2.32. The van der Waals surface area contributed by atoms with E-state index in [0.29, 0.717) is 60.1 Å². The van der Waals surface area contributed by atoms with Crippen molar-refractivity contribution in [3.8, 4) is 11.4 Å². The van der Waals surface area contributed by atoms with Crippen LogP contribution in [0.2, 0.25) is 0 Å². The van der Waals surface area contributed by atoms with Gasteiger partial charge in [0.2, 0.25) is 5.91 Å². The maximum Gasteiger partial charge on any atom is 0.274 e. The molecule has 1 aliphatic rings. The molecule has 1 aliphatic heterocycles. The molecule has 0 bridgehead atoms. The lowest BCUT2D eigenvalue weighted by Crippen LogP contribution is -2.46. The minimum absolute atomic E-state index is 0.111. The molecule has 11 heteroatoms. The zero-order valence-corrected chi connectivity index (χ0v) is 30.8. The summed E-state index contributed by atoms with van der Waals surface area (Å²) in [5.41, 5.74) is 5.14. The number of nitrogens with zero attached hydrogens (tertiary/aromatic N) is 4. The van der Waals surface area contributed by atoms with Gasteiger partial charge in [0.05, 0.1) is 41.9 Å². The third-order valence-corrected chi connectivity index (χ3v) is 9.72. The van der Waals surface area contributed by atoms with Crippen LogP contribution in [0.25, 0.3) is 5.69 Å². The van der Waals surface area contributed by atoms with Crippen molar-refractivity contribution in [3.63, 3.8) is 0 Å². The second-order valence-corrected chi connectivity index (χ2v) is 13.6. The van der Waals surface area contributed by atoms with Crippen LogP contribution in [0, 0.1) is 6.92 Å². The summed E-state index contributed by atoms with van der Waals surface area (Å²) in [6.45, 7) is 7.51. The molecule has 0 saturated carbocycles. The molecule has 0 spiro atoms. The number of aliphatic hydroxyl groups is 1. The van der Waals surface area contributed by atoms with Crippen LogP contribution >= 0.6 is 15.9 Å². The Bertz CT molecular complexity index is 1830. The smallest absolute Gasteiger partial charge is 0.274 e. The van der Waals surface area contributed by atoms with Crippen molar-refractivity contribution in [3.05, 3.63) is 105 Å². The Balaban J connectivity index is 1.50. The topological polar surface area (TPSA) is 117 Å². The zero-order chi connectivity index (χ0) is 35.8. The SMILES string of the molecule is CCCCN(CCCC)C(=O)c1cc(C)n(-c2ccc(NC(=O)Cc3ccc(OC)c(Br)c3)cc2C(=O)N2Cc3ccccc3C[C@H]2CO)n1. The Hall–Kier alpha value is -4.48. The fraction of sp³-hybridized carbons (Fsp3) is 0.385. The molecule has 2 heterocycles. The van der Waals surface area contributed by atoms with E-state index in [1.54, 1.807) is 47.0 Å². The van der Waals surface area contributed by atoms with Crippen LogP contribution in [-0.2, 0) is 24.2 Å². The van der Waals surface area contributed by atoms with Gasteiger partial charge >= 0.3 is 0 Å². The second-order valence-electron chi connectivity index (χ2n) is 12.8. The van der Waals surface area contributed by atoms with E-state index < -0.39 is 6.04 Å². The molecule has 5 rings (SSSR count). The van der Waals surface area contributed by atoms with E-state index in [-0.39, 0.29) is 30.7 Å². The Labute approximate surface area is 302 Å². The number of halogens is 1. The van der Waals surface area contributed by atoms with Gasteiger partial charge in [-0.05, 0) is 95.2 Å². The average Bonchev–Trinajstić information content (AvgIpc) is 3.51. The van der Waals surface area contributed by atoms with Gasteiger partial charge in [-0.25, -0.2) is 4.68 Å². The van der Waals surface area contributed by atoms with Crippen LogP contribution in [0.4, 0.5) is 5.69 Å². The number of amides is 3. The van der Waals surface area contributed by atoms with Crippen LogP contribution in [0.1, 0.15) is 82.8 Å². The first-order chi connectivity index (χ1) is 24.2. The maximum absolute atomic E-state index is 14.6. The van der Waals surface area contributed by atoms with Gasteiger partial charge in [0.15, 0.2) is 5.69 Å². The molecule has 0 saturated heterocycles. The number of aromatic nitrogens is 2. The van der Waals surface area contributed by atoms with E-state index in [2.05, 4.69) is 35.1 Å². The summed E-state index contributed by atoms with van der Waals surface area (Å²) in [4.78, 5) is 45.0. The number of hydrogen-bond donors (Lipinski definition) is 2. The number of nitrogens with one attached hydrogen (secondary N) is 1. The number of hydrogen-bond acceptors (Lipinski definition) is 6. The number of rotatable bonds is 14. The molecular formula is C39H46BrN5O5. The quantitative estimate of drug-likeness (QED) is 0.148. The number of anilines is 1. The number of aryl methyl sites for hydroxylation is 1. The van der Waals surface area contributed by atoms with Gasteiger partial charge < -0.3 is 25.0 Å². The second kappa shape index (κ2) is 17.0. The van der Waals surface area contributed by atoms with Crippen molar-refractivity contribution in [2.45, 2.75) is 71.9 Å². The number of benzene rings is 3. The number of unbranched alkanes of at least 4 members (excludes halogenated alkanes) is 2. The molecule has 0 aliphatic carbocycles. The molecule has 10 nitrogen and oxygen atoms in total. The Morgan fingerprint density at radius 1 is 1.00 bits per heavy atom. The lowest BCUT2D eigenvalue weighted by molar-refractivity contribution is -0.115. The van der Waals surface area contributed by atoms with Crippen LogP contribution < -0.4 is 10.1 Å². The molecule has 264 valence electrons. The largest absolute Gasteiger partial charge is 0.496 e. The summed E-state index contributed by atoms with van der Waals surface area (Å²) in [5, 5.41) is 18.1. The van der Waals surface area contributed by atoms with Crippen molar-refractivity contribution in [2.24, 2.45) is 0 Å². The van der Waals surface area contributed by atoms with Crippen molar-refractivity contribution in [2.75, 3.05) is 32.1 Å². The normalized spacial score (nSPS) is 13.9. The van der Waals surface area contributed by atoms with Crippen LogP contribution in [0.15, 0.2) is 71.2 Å². The summed E-state index contributed by atoms with van der Waals surface area (Å²) in [5.74, 6) is -0.0266. The standard InChI is InChI=1S/C39H46BrN5O5/c1-5-7-17-43(18-8-6-2)39(49)34-19-26(3)45(42-34)35-15-14-30(41-37(47)21-27-13-16-36(50-4)33(40)20-27)23-32(35)38(48)44-24-29-12-10-9-11-28(29)22-31(44)25-46/h9-16,19-20,23,31,46H,5-8,17-18,21-22,24-25H2,1-4H3,(H,41,47)/t31-/m0/s1. The molecule has 3 aromatic carbocycles. The number of aliphatic hydroxyl groups excluding tert-OH is 1. The minimum Gasteiger partial charge on any atom is -0.496 e. The lowest BCUT2D eigenvalue weighted by atomic mass is 9.93. The number of carbonyl (C=O) groups is 3. The summed E-state index contributed by atoms with van der Waals surface area (Å²) in [6.07, 6.45) is 4.39. The minimum atomic E-state index is -0.432. The maximum atomic E-state index is 14.6. The Kier molecular flexibility index (Phi) is 12.5.